The second-order valence-electron chi connectivity index (χ2n) is 7.48. The van der Waals surface area contributed by atoms with Crippen molar-refractivity contribution in [3.63, 3.8) is 0 Å². The molecular weight excluding hydrogens is 480 g/mol. The highest BCUT2D eigenvalue weighted by atomic mass is 19.4. The fraction of sp³-hybridized carbons (Fsp3) is 0.0400. The number of carbonyl (C=O) groups is 2. The predicted molar refractivity (Wildman–Crippen MR) is 124 cm³/mol. The monoisotopic (exact) mass is 496 g/mol. The van der Waals surface area contributed by atoms with E-state index >= 15 is 0 Å². The van der Waals surface area contributed by atoms with Crippen molar-refractivity contribution in [2.45, 2.75) is 6.18 Å². The van der Waals surface area contributed by atoms with Gasteiger partial charge in [0.25, 0.3) is 17.4 Å². The minimum absolute atomic E-state index is 0.0435. The van der Waals surface area contributed by atoms with Gasteiger partial charge in [-0.25, -0.2) is 4.39 Å². The van der Waals surface area contributed by atoms with E-state index in [1.54, 1.807) is 30.3 Å². The van der Waals surface area contributed by atoms with Crippen LogP contribution < -0.4 is 16.2 Å². The molecule has 7 nitrogen and oxygen atoms in total. The van der Waals surface area contributed by atoms with Crippen LogP contribution >= 0.6 is 0 Å². The van der Waals surface area contributed by atoms with Crippen LogP contribution in [0, 0.1) is 5.82 Å². The zero-order chi connectivity index (χ0) is 25.9. The summed E-state index contributed by atoms with van der Waals surface area (Å²) in [5.74, 6) is -2.29. The summed E-state index contributed by atoms with van der Waals surface area (Å²) in [6, 6.07) is 17.6. The van der Waals surface area contributed by atoms with E-state index in [1.807, 2.05) is 0 Å². The lowest BCUT2D eigenvalue weighted by molar-refractivity contribution is -0.136. The van der Waals surface area contributed by atoms with Gasteiger partial charge in [0, 0.05) is 17.3 Å². The van der Waals surface area contributed by atoms with Crippen LogP contribution in [0.1, 0.15) is 26.4 Å². The van der Waals surface area contributed by atoms with E-state index in [9.17, 15) is 31.9 Å². The van der Waals surface area contributed by atoms with Crippen LogP contribution in [0.4, 0.5) is 28.9 Å². The van der Waals surface area contributed by atoms with E-state index in [1.165, 1.54) is 18.2 Å². The lowest BCUT2D eigenvalue weighted by atomic mass is 10.1. The van der Waals surface area contributed by atoms with Crippen LogP contribution in [0.15, 0.2) is 89.7 Å². The van der Waals surface area contributed by atoms with Crippen LogP contribution in [0.2, 0.25) is 0 Å². The quantitative estimate of drug-likeness (QED) is 0.385. The average molecular weight is 496 g/mol. The van der Waals surface area contributed by atoms with E-state index in [4.69, 9.17) is 0 Å². The topological polar surface area (TPSA) is 93.1 Å². The van der Waals surface area contributed by atoms with E-state index < -0.39 is 40.6 Å². The van der Waals surface area contributed by atoms with Crippen molar-refractivity contribution < 1.29 is 27.2 Å². The molecule has 36 heavy (non-hydrogen) atoms. The van der Waals surface area contributed by atoms with Gasteiger partial charge in [-0.3, -0.25) is 14.4 Å². The molecule has 0 aliphatic rings. The predicted octanol–water partition coefficient (Wildman–Crippen LogP) is 4.90. The van der Waals surface area contributed by atoms with Crippen LogP contribution in [0.3, 0.4) is 0 Å². The minimum Gasteiger partial charge on any atom is -0.322 e. The Morgan fingerprint density at radius 1 is 0.806 bits per heavy atom. The summed E-state index contributed by atoms with van der Waals surface area (Å²) in [6.07, 6.45) is -4.88. The Morgan fingerprint density at radius 3 is 2.17 bits per heavy atom. The number of benzene rings is 3. The van der Waals surface area contributed by atoms with Crippen LogP contribution in [0.5, 0.6) is 0 Å². The Labute approximate surface area is 201 Å². The summed E-state index contributed by atoms with van der Waals surface area (Å²) in [5, 5.41) is 8.42. The first-order chi connectivity index (χ1) is 17.1. The molecule has 0 radical (unpaired) electrons. The lowest BCUT2D eigenvalue weighted by Gasteiger charge is -2.16. The molecule has 0 saturated carbocycles. The SMILES string of the molecule is O=C(Nc1ccc(NC(=O)c2ccc(=O)n(-c3ccccc3)n2)c(C(F)(F)F)c1)c1ccc(F)cc1. The van der Waals surface area contributed by atoms with E-state index in [2.05, 4.69) is 15.7 Å². The third-order valence-corrected chi connectivity index (χ3v) is 4.97. The largest absolute Gasteiger partial charge is 0.418 e. The average Bonchev–Trinajstić information content (AvgIpc) is 2.85. The summed E-state index contributed by atoms with van der Waals surface area (Å²) in [6.45, 7) is 0. The number of carbonyl (C=O) groups excluding carboxylic acids is 2. The summed E-state index contributed by atoms with van der Waals surface area (Å²) in [4.78, 5) is 37.1. The third kappa shape index (κ3) is 5.46. The second-order valence-corrected chi connectivity index (χ2v) is 7.48. The molecule has 1 aromatic heterocycles. The number of aromatic nitrogens is 2. The minimum atomic E-state index is -4.88. The maximum Gasteiger partial charge on any atom is 0.418 e. The molecular formula is C25H16F4N4O3. The number of amides is 2. The molecule has 2 amide bonds. The highest BCUT2D eigenvalue weighted by Gasteiger charge is 2.34. The number of anilines is 2. The molecule has 4 rings (SSSR count). The highest BCUT2D eigenvalue weighted by Crippen LogP contribution is 2.37. The Hall–Kier alpha value is -4.80. The van der Waals surface area contributed by atoms with Crippen LogP contribution in [0.25, 0.3) is 5.69 Å². The number of halogens is 4. The Morgan fingerprint density at radius 2 is 1.50 bits per heavy atom. The molecule has 0 bridgehead atoms. The van der Waals surface area contributed by atoms with Crippen LogP contribution in [-0.4, -0.2) is 21.6 Å². The van der Waals surface area contributed by atoms with Gasteiger partial charge in [-0.05, 0) is 60.7 Å². The second kappa shape index (κ2) is 9.82. The summed E-state index contributed by atoms with van der Waals surface area (Å²) in [7, 11) is 0. The van der Waals surface area contributed by atoms with Crippen molar-refractivity contribution in [1.82, 2.24) is 9.78 Å². The Bertz CT molecular complexity index is 1480. The highest BCUT2D eigenvalue weighted by molar-refractivity contribution is 6.05. The fourth-order valence-corrected chi connectivity index (χ4v) is 3.24. The maximum atomic E-state index is 13.8. The van der Waals surface area contributed by atoms with Crippen molar-refractivity contribution in [3.8, 4) is 5.69 Å². The number of nitrogens with one attached hydrogen (secondary N) is 2. The maximum absolute atomic E-state index is 13.8. The number of alkyl halides is 3. The molecule has 0 fully saturated rings. The van der Waals surface area contributed by atoms with E-state index in [-0.39, 0.29) is 16.9 Å². The van der Waals surface area contributed by atoms with Crippen molar-refractivity contribution in [2.24, 2.45) is 0 Å². The Balaban J connectivity index is 1.60. The van der Waals surface area contributed by atoms with Crippen molar-refractivity contribution in [2.75, 3.05) is 10.6 Å². The molecule has 0 saturated heterocycles. The summed E-state index contributed by atoms with van der Waals surface area (Å²) < 4.78 is 55.3. The third-order valence-electron chi connectivity index (χ3n) is 4.97. The molecule has 2 N–H and O–H groups in total. The molecule has 0 spiro atoms. The first-order valence-electron chi connectivity index (χ1n) is 10.4. The molecule has 11 heteroatoms. The fourth-order valence-electron chi connectivity index (χ4n) is 3.24. The van der Waals surface area contributed by atoms with Gasteiger partial charge in [0.2, 0.25) is 0 Å². The molecule has 3 aromatic carbocycles. The van der Waals surface area contributed by atoms with Gasteiger partial charge < -0.3 is 10.6 Å². The van der Waals surface area contributed by atoms with Gasteiger partial charge in [-0.15, -0.1) is 0 Å². The van der Waals surface area contributed by atoms with Crippen molar-refractivity contribution >= 4 is 23.2 Å². The Kier molecular flexibility index (Phi) is 6.64. The van der Waals surface area contributed by atoms with Gasteiger partial charge in [0.1, 0.15) is 11.5 Å². The van der Waals surface area contributed by atoms with E-state index in [0.29, 0.717) is 11.8 Å². The van der Waals surface area contributed by atoms with Crippen LogP contribution in [-0.2, 0) is 6.18 Å². The summed E-state index contributed by atoms with van der Waals surface area (Å²) >= 11 is 0. The molecule has 0 unspecified atom stereocenters. The number of hydrogen-bond acceptors (Lipinski definition) is 4. The van der Waals surface area contributed by atoms with Gasteiger partial charge in [0.15, 0.2) is 0 Å². The molecule has 1 heterocycles. The molecule has 0 atom stereocenters. The number of nitrogens with zero attached hydrogens (tertiary/aromatic N) is 2. The zero-order valence-electron chi connectivity index (χ0n) is 18.2. The number of hydrogen-bond donors (Lipinski definition) is 2. The zero-order valence-corrected chi connectivity index (χ0v) is 18.2. The first-order valence-corrected chi connectivity index (χ1v) is 10.4. The lowest BCUT2D eigenvalue weighted by Crippen LogP contribution is -2.25. The van der Waals surface area contributed by atoms with Crippen molar-refractivity contribution in [3.05, 3.63) is 118 Å². The standard InChI is InChI=1S/C25H16F4N4O3/c26-16-8-6-15(7-9-16)23(35)30-17-10-11-20(19(14-17)25(27,28)29)31-24(36)21-12-13-22(34)33(32-21)18-4-2-1-3-5-18/h1-14H,(H,30,35)(H,31,36). The van der Waals surface area contributed by atoms with Crippen molar-refractivity contribution in [1.29, 1.82) is 0 Å². The molecule has 4 aromatic rings. The smallest absolute Gasteiger partial charge is 0.322 e. The van der Waals surface area contributed by atoms with Gasteiger partial charge >= 0.3 is 6.18 Å². The van der Waals surface area contributed by atoms with Gasteiger partial charge in [-0.2, -0.15) is 23.0 Å². The molecule has 182 valence electrons. The van der Waals surface area contributed by atoms with E-state index in [0.717, 1.165) is 35.0 Å². The van der Waals surface area contributed by atoms with Gasteiger partial charge in [-0.1, -0.05) is 18.2 Å². The normalized spacial score (nSPS) is 11.1. The molecule has 0 aliphatic carbocycles. The first kappa shape index (κ1) is 24.3. The number of rotatable bonds is 5. The molecule has 0 aliphatic heterocycles. The van der Waals surface area contributed by atoms with Gasteiger partial charge in [0.05, 0.1) is 16.9 Å². The summed E-state index contributed by atoms with van der Waals surface area (Å²) in [5.41, 5.74) is -2.40. The number of para-hydroxylation sites is 1.